The topological polar surface area (TPSA) is 101 Å². The normalized spacial score (nSPS) is 15.9. The van der Waals surface area contributed by atoms with Crippen molar-refractivity contribution in [1.82, 2.24) is 5.32 Å². The molecule has 2 unspecified atom stereocenters. The van der Waals surface area contributed by atoms with Gasteiger partial charge in [-0.15, -0.1) is 0 Å². The number of hydrogen-bond donors (Lipinski definition) is 4. The summed E-state index contributed by atoms with van der Waals surface area (Å²) in [6.07, 6.45) is 0. The van der Waals surface area contributed by atoms with Gasteiger partial charge in [0, 0.05) is 12.6 Å². The lowest BCUT2D eigenvalue weighted by Crippen LogP contribution is -2.47. The van der Waals surface area contributed by atoms with Crippen LogP contribution < -0.4 is 16.8 Å². The van der Waals surface area contributed by atoms with E-state index in [2.05, 4.69) is 5.32 Å². The second-order valence-corrected chi connectivity index (χ2v) is 2.50. The maximum absolute atomic E-state index is 10.4. The summed E-state index contributed by atoms with van der Waals surface area (Å²) in [6.45, 7) is 2.11. The number of hydrogen-bond acceptors (Lipinski definition) is 4. The molecule has 5 heteroatoms. The van der Waals surface area contributed by atoms with Gasteiger partial charge in [-0.05, 0) is 6.92 Å². The smallest absolute Gasteiger partial charge is 0.235 e. The van der Waals surface area contributed by atoms with Gasteiger partial charge in [-0.25, -0.2) is 0 Å². The SMILES string of the molecule is CC(CO)NCC(N)C(N)=O. The largest absolute Gasteiger partial charge is 0.395 e. The van der Waals surface area contributed by atoms with Crippen molar-refractivity contribution in [1.29, 1.82) is 0 Å². The van der Waals surface area contributed by atoms with E-state index in [0.717, 1.165) is 0 Å². The summed E-state index contributed by atoms with van der Waals surface area (Å²) in [4.78, 5) is 10.4. The first-order valence-electron chi connectivity index (χ1n) is 3.47. The Balaban J connectivity index is 3.45. The van der Waals surface area contributed by atoms with Crippen LogP contribution in [0.15, 0.2) is 0 Å². The molecule has 0 radical (unpaired) electrons. The molecule has 0 aliphatic heterocycles. The van der Waals surface area contributed by atoms with Crippen molar-refractivity contribution in [3.8, 4) is 0 Å². The third kappa shape index (κ3) is 4.72. The summed E-state index contributed by atoms with van der Waals surface area (Å²) in [5.74, 6) is -0.539. The van der Waals surface area contributed by atoms with Crippen LogP contribution in [0.4, 0.5) is 0 Å². The molecule has 0 aromatic heterocycles. The number of nitrogens with one attached hydrogen (secondary N) is 1. The molecule has 0 spiro atoms. The van der Waals surface area contributed by atoms with Crippen LogP contribution in [-0.4, -0.2) is 36.2 Å². The van der Waals surface area contributed by atoms with E-state index in [0.29, 0.717) is 6.54 Å². The molecule has 0 heterocycles. The molecule has 0 fully saturated rings. The molecule has 0 bridgehead atoms. The predicted molar refractivity (Wildman–Crippen MR) is 41.7 cm³/mol. The second-order valence-electron chi connectivity index (χ2n) is 2.50. The standard InChI is InChI=1S/C6H15N3O2/c1-4(3-10)9-2-5(7)6(8)11/h4-5,9-10H,2-3,7H2,1H3,(H2,8,11). The first kappa shape index (κ1) is 10.3. The lowest BCUT2D eigenvalue weighted by atomic mass is 10.2. The Hall–Kier alpha value is -0.650. The van der Waals surface area contributed by atoms with E-state index in [1.165, 1.54) is 0 Å². The van der Waals surface area contributed by atoms with Gasteiger partial charge in [-0.3, -0.25) is 4.79 Å². The highest BCUT2D eigenvalue weighted by Crippen LogP contribution is 1.79. The average molecular weight is 161 g/mol. The number of primary amides is 1. The first-order chi connectivity index (χ1) is 5.07. The van der Waals surface area contributed by atoms with Crippen molar-refractivity contribution in [3.63, 3.8) is 0 Å². The van der Waals surface area contributed by atoms with Crippen molar-refractivity contribution in [2.24, 2.45) is 11.5 Å². The lowest BCUT2D eigenvalue weighted by molar-refractivity contribution is -0.119. The van der Waals surface area contributed by atoms with Gasteiger partial charge in [0.1, 0.15) is 0 Å². The molecule has 0 aliphatic carbocycles. The van der Waals surface area contributed by atoms with Crippen LogP contribution in [0.25, 0.3) is 0 Å². The summed E-state index contributed by atoms with van der Waals surface area (Å²) in [5.41, 5.74) is 10.2. The van der Waals surface area contributed by atoms with E-state index in [-0.39, 0.29) is 12.6 Å². The summed E-state index contributed by atoms with van der Waals surface area (Å²) < 4.78 is 0. The molecule has 6 N–H and O–H groups in total. The van der Waals surface area contributed by atoms with Gasteiger partial charge in [0.05, 0.1) is 12.6 Å². The number of amides is 1. The van der Waals surface area contributed by atoms with E-state index < -0.39 is 11.9 Å². The number of aliphatic hydroxyl groups excluding tert-OH is 1. The first-order valence-corrected chi connectivity index (χ1v) is 3.47. The molecule has 0 saturated carbocycles. The Morgan fingerprint density at radius 2 is 2.27 bits per heavy atom. The maximum Gasteiger partial charge on any atom is 0.235 e. The van der Waals surface area contributed by atoms with Crippen LogP contribution in [0.5, 0.6) is 0 Å². The van der Waals surface area contributed by atoms with Crippen molar-refractivity contribution in [2.75, 3.05) is 13.2 Å². The summed E-state index contributed by atoms with van der Waals surface area (Å²) >= 11 is 0. The molecule has 0 saturated heterocycles. The van der Waals surface area contributed by atoms with E-state index in [1.54, 1.807) is 6.92 Å². The highest BCUT2D eigenvalue weighted by Gasteiger charge is 2.09. The van der Waals surface area contributed by atoms with E-state index in [1.807, 2.05) is 0 Å². The van der Waals surface area contributed by atoms with Crippen LogP contribution in [0.2, 0.25) is 0 Å². The van der Waals surface area contributed by atoms with Gasteiger partial charge in [0.2, 0.25) is 5.91 Å². The third-order valence-electron chi connectivity index (χ3n) is 1.33. The third-order valence-corrected chi connectivity index (χ3v) is 1.33. The molecular weight excluding hydrogens is 146 g/mol. The molecule has 0 aliphatic rings. The number of aliphatic hydroxyl groups is 1. The molecule has 0 aromatic carbocycles. The van der Waals surface area contributed by atoms with Gasteiger partial charge in [-0.1, -0.05) is 0 Å². The molecule has 2 atom stereocenters. The van der Waals surface area contributed by atoms with Gasteiger partial charge in [-0.2, -0.15) is 0 Å². The van der Waals surface area contributed by atoms with Crippen molar-refractivity contribution >= 4 is 5.91 Å². The lowest BCUT2D eigenvalue weighted by Gasteiger charge is -2.12. The molecule has 11 heavy (non-hydrogen) atoms. The Labute approximate surface area is 65.7 Å². The Kier molecular flexibility index (Phi) is 4.76. The molecule has 5 nitrogen and oxygen atoms in total. The Morgan fingerprint density at radius 1 is 1.73 bits per heavy atom. The maximum atomic E-state index is 10.4. The fourth-order valence-corrected chi connectivity index (χ4v) is 0.493. The van der Waals surface area contributed by atoms with Crippen LogP contribution >= 0.6 is 0 Å². The van der Waals surface area contributed by atoms with Gasteiger partial charge in [0.15, 0.2) is 0 Å². The predicted octanol–water partition coefficient (Wildman–Crippen LogP) is -2.23. The van der Waals surface area contributed by atoms with Crippen molar-refractivity contribution < 1.29 is 9.90 Å². The Morgan fingerprint density at radius 3 is 2.64 bits per heavy atom. The van der Waals surface area contributed by atoms with Gasteiger partial charge < -0.3 is 21.9 Å². The van der Waals surface area contributed by atoms with Crippen LogP contribution in [0.3, 0.4) is 0 Å². The van der Waals surface area contributed by atoms with Crippen LogP contribution in [0.1, 0.15) is 6.92 Å². The average Bonchev–Trinajstić information content (AvgIpc) is 1.99. The van der Waals surface area contributed by atoms with Gasteiger partial charge >= 0.3 is 0 Å². The minimum absolute atomic E-state index is 0.0193. The summed E-state index contributed by atoms with van der Waals surface area (Å²) in [7, 11) is 0. The summed E-state index contributed by atoms with van der Waals surface area (Å²) in [5, 5.41) is 11.4. The van der Waals surface area contributed by atoms with Crippen LogP contribution in [-0.2, 0) is 4.79 Å². The van der Waals surface area contributed by atoms with Crippen molar-refractivity contribution in [3.05, 3.63) is 0 Å². The highest BCUT2D eigenvalue weighted by atomic mass is 16.3. The van der Waals surface area contributed by atoms with Crippen LogP contribution in [0, 0.1) is 0 Å². The summed E-state index contributed by atoms with van der Waals surface area (Å²) in [6, 6.07) is -0.732. The van der Waals surface area contributed by atoms with E-state index in [9.17, 15) is 4.79 Å². The molecular formula is C6H15N3O2. The quantitative estimate of drug-likeness (QED) is 0.366. The molecule has 1 amide bonds. The van der Waals surface area contributed by atoms with E-state index >= 15 is 0 Å². The van der Waals surface area contributed by atoms with Gasteiger partial charge in [0.25, 0.3) is 0 Å². The monoisotopic (exact) mass is 161 g/mol. The fourth-order valence-electron chi connectivity index (χ4n) is 0.493. The molecule has 66 valence electrons. The minimum Gasteiger partial charge on any atom is -0.395 e. The van der Waals surface area contributed by atoms with E-state index in [4.69, 9.17) is 16.6 Å². The zero-order chi connectivity index (χ0) is 8.85. The zero-order valence-electron chi connectivity index (χ0n) is 6.58. The number of rotatable bonds is 5. The van der Waals surface area contributed by atoms with Crippen molar-refractivity contribution in [2.45, 2.75) is 19.0 Å². The number of carbonyl (C=O) groups excluding carboxylic acids is 1. The zero-order valence-corrected chi connectivity index (χ0v) is 6.58. The minimum atomic E-state index is -0.677. The highest BCUT2D eigenvalue weighted by molar-refractivity contribution is 5.79. The molecule has 0 aromatic rings. The number of carbonyl (C=O) groups is 1. The fraction of sp³-hybridized carbons (Fsp3) is 0.833. The Bertz CT molecular complexity index is 129. The molecule has 0 rings (SSSR count). The second kappa shape index (κ2) is 5.06. The number of nitrogens with two attached hydrogens (primary N) is 2.